The van der Waals surface area contributed by atoms with Crippen molar-refractivity contribution in [3.8, 4) is 5.75 Å². The zero-order valence-electron chi connectivity index (χ0n) is 19.7. The van der Waals surface area contributed by atoms with E-state index < -0.39 is 0 Å². The summed E-state index contributed by atoms with van der Waals surface area (Å²) in [5.41, 5.74) is 2.90. The Hall–Kier alpha value is -2.89. The van der Waals surface area contributed by atoms with Crippen molar-refractivity contribution in [2.24, 2.45) is 5.92 Å². The van der Waals surface area contributed by atoms with Gasteiger partial charge in [0.2, 0.25) is 11.8 Å². The molecular formula is C27H35FN2O3. The number of ether oxygens (including phenoxy) is 1. The summed E-state index contributed by atoms with van der Waals surface area (Å²) in [6.07, 6.45) is 3.96. The Morgan fingerprint density at radius 2 is 1.85 bits per heavy atom. The second kappa shape index (κ2) is 12.4. The van der Waals surface area contributed by atoms with E-state index in [1.54, 1.807) is 18.2 Å². The Labute approximate surface area is 196 Å². The fourth-order valence-electron chi connectivity index (χ4n) is 4.14. The second-order valence-electron chi connectivity index (χ2n) is 8.86. The lowest BCUT2D eigenvalue weighted by atomic mass is 9.95. The predicted molar refractivity (Wildman–Crippen MR) is 128 cm³/mol. The van der Waals surface area contributed by atoms with E-state index in [0.29, 0.717) is 57.5 Å². The van der Waals surface area contributed by atoms with Crippen molar-refractivity contribution in [2.75, 3.05) is 26.2 Å². The van der Waals surface area contributed by atoms with E-state index in [2.05, 4.69) is 17.4 Å². The Kier molecular flexibility index (Phi) is 9.28. The highest BCUT2D eigenvalue weighted by molar-refractivity contribution is 5.80. The van der Waals surface area contributed by atoms with Crippen LogP contribution in [0.25, 0.3) is 0 Å². The van der Waals surface area contributed by atoms with Gasteiger partial charge < -0.3 is 15.0 Å². The molecule has 2 aromatic rings. The molecule has 0 spiro atoms. The third kappa shape index (κ3) is 7.58. The molecular weight excluding hydrogens is 419 g/mol. The van der Waals surface area contributed by atoms with Gasteiger partial charge in [-0.1, -0.05) is 30.3 Å². The molecule has 1 heterocycles. The maximum absolute atomic E-state index is 13.7. The summed E-state index contributed by atoms with van der Waals surface area (Å²) in [5, 5.41) is 2.92. The van der Waals surface area contributed by atoms with E-state index in [1.165, 1.54) is 11.6 Å². The highest BCUT2D eigenvalue weighted by atomic mass is 19.1. The molecule has 3 rings (SSSR count). The van der Waals surface area contributed by atoms with Gasteiger partial charge in [-0.3, -0.25) is 9.59 Å². The van der Waals surface area contributed by atoms with Crippen molar-refractivity contribution < 1.29 is 18.7 Å². The van der Waals surface area contributed by atoms with E-state index in [0.717, 1.165) is 24.2 Å². The van der Waals surface area contributed by atoms with E-state index in [1.807, 2.05) is 24.8 Å². The molecule has 1 aliphatic rings. The first-order valence-corrected chi connectivity index (χ1v) is 11.9. The first-order valence-electron chi connectivity index (χ1n) is 11.9. The average molecular weight is 455 g/mol. The highest BCUT2D eigenvalue weighted by Gasteiger charge is 2.26. The summed E-state index contributed by atoms with van der Waals surface area (Å²) in [6, 6.07) is 12.8. The maximum atomic E-state index is 13.7. The lowest BCUT2D eigenvalue weighted by molar-refractivity contribution is -0.135. The number of carbonyl (C=O) groups excluding carboxylic acids is 2. The minimum absolute atomic E-state index is 0.00188. The molecule has 0 atom stereocenters. The summed E-state index contributed by atoms with van der Waals surface area (Å²) in [7, 11) is 0. The summed E-state index contributed by atoms with van der Waals surface area (Å²) in [4.78, 5) is 26.8. The normalized spacial score (nSPS) is 14.2. The number of piperidine rings is 1. The molecule has 0 aliphatic carbocycles. The summed E-state index contributed by atoms with van der Waals surface area (Å²) in [6.45, 7) is 6.33. The number of hydrogen-bond donors (Lipinski definition) is 1. The highest BCUT2D eigenvalue weighted by Crippen LogP contribution is 2.20. The third-order valence-electron chi connectivity index (χ3n) is 6.26. The Bertz CT molecular complexity index is 939. The molecule has 1 N–H and O–H groups in total. The number of likely N-dealkylation sites (tertiary alicyclic amines) is 1. The van der Waals surface area contributed by atoms with E-state index in [4.69, 9.17) is 4.74 Å². The van der Waals surface area contributed by atoms with Gasteiger partial charge in [-0.05, 0) is 74.8 Å². The summed E-state index contributed by atoms with van der Waals surface area (Å²) < 4.78 is 19.5. The van der Waals surface area contributed by atoms with Crippen LogP contribution in [0.15, 0.2) is 42.5 Å². The average Bonchev–Trinajstić information content (AvgIpc) is 2.82. The number of nitrogens with one attached hydrogen (secondary N) is 1. The monoisotopic (exact) mass is 454 g/mol. The molecule has 33 heavy (non-hydrogen) atoms. The largest absolute Gasteiger partial charge is 0.493 e. The topological polar surface area (TPSA) is 58.6 Å². The quantitative estimate of drug-likeness (QED) is 0.534. The van der Waals surface area contributed by atoms with Gasteiger partial charge >= 0.3 is 0 Å². The van der Waals surface area contributed by atoms with Gasteiger partial charge in [-0.25, -0.2) is 4.39 Å². The van der Waals surface area contributed by atoms with Crippen LogP contribution >= 0.6 is 0 Å². The number of unbranched alkanes of at least 4 members (excludes halogenated alkanes) is 1. The minimum atomic E-state index is -0.240. The van der Waals surface area contributed by atoms with Crippen LogP contribution in [0.1, 0.15) is 48.8 Å². The molecule has 1 fully saturated rings. The molecule has 178 valence electrons. The van der Waals surface area contributed by atoms with Crippen LogP contribution in [0.4, 0.5) is 4.39 Å². The molecule has 0 unspecified atom stereocenters. The number of hydrogen-bond acceptors (Lipinski definition) is 3. The van der Waals surface area contributed by atoms with Gasteiger partial charge in [-0.2, -0.15) is 0 Å². The number of aryl methyl sites for hydroxylation is 2. The number of nitrogens with zero attached hydrogens (tertiary/aromatic N) is 1. The van der Waals surface area contributed by atoms with E-state index in [-0.39, 0.29) is 23.5 Å². The number of carbonyl (C=O) groups is 2. The maximum Gasteiger partial charge on any atom is 0.223 e. The van der Waals surface area contributed by atoms with Gasteiger partial charge in [0.15, 0.2) is 0 Å². The van der Waals surface area contributed by atoms with Crippen LogP contribution in [0, 0.1) is 25.6 Å². The van der Waals surface area contributed by atoms with Crippen molar-refractivity contribution in [1.82, 2.24) is 10.2 Å². The fraction of sp³-hybridized carbons (Fsp3) is 0.481. The molecule has 6 heteroatoms. The Balaban J connectivity index is 1.29. The van der Waals surface area contributed by atoms with Gasteiger partial charge in [0, 0.05) is 32.0 Å². The second-order valence-corrected chi connectivity index (χ2v) is 8.86. The predicted octanol–water partition coefficient (Wildman–Crippen LogP) is 4.59. The molecule has 2 aromatic carbocycles. The zero-order chi connectivity index (χ0) is 23.6. The van der Waals surface area contributed by atoms with Crippen LogP contribution in [-0.2, 0) is 16.0 Å². The smallest absolute Gasteiger partial charge is 0.223 e. The number of rotatable bonds is 10. The van der Waals surface area contributed by atoms with Crippen molar-refractivity contribution >= 4 is 11.8 Å². The molecule has 2 amide bonds. The number of amides is 2. The van der Waals surface area contributed by atoms with Gasteiger partial charge in [0.05, 0.1) is 6.61 Å². The third-order valence-corrected chi connectivity index (χ3v) is 6.26. The molecule has 1 aliphatic heterocycles. The summed E-state index contributed by atoms with van der Waals surface area (Å²) >= 11 is 0. The van der Waals surface area contributed by atoms with E-state index in [9.17, 15) is 14.0 Å². The first-order chi connectivity index (χ1) is 15.9. The van der Waals surface area contributed by atoms with Crippen molar-refractivity contribution in [1.29, 1.82) is 0 Å². The molecule has 0 radical (unpaired) electrons. The zero-order valence-corrected chi connectivity index (χ0v) is 19.7. The Morgan fingerprint density at radius 1 is 1.09 bits per heavy atom. The number of halogens is 1. The number of benzene rings is 2. The Morgan fingerprint density at radius 3 is 2.61 bits per heavy atom. The van der Waals surface area contributed by atoms with Gasteiger partial charge in [0.25, 0.3) is 0 Å². The van der Waals surface area contributed by atoms with Crippen LogP contribution in [0.5, 0.6) is 5.75 Å². The SMILES string of the molecule is Cc1ccc(C)c(OCCCCC(=O)N2CCC(C(=O)NCCc3ccccc3F)CC2)c1. The minimum Gasteiger partial charge on any atom is -0.493 e. The molecule has 5 nitrogen and oxygen atoms in total. The first kappa shape index (κ1) is 24.7. The lowest BCUT2D eigenvalue weighted by Crippen LogP contribution is -2.43. The fourth-order valence-corrected chi connectivity index (χ4v) is 4.14. The lowest BCUT2D eigenvalue weighted by Gasteiger charge is -2.31. The summed E-state index contributed by atoms with van der Waals surface area (Å²) in [5.74, 6) is 0.744. The van der Waals surface area contributed by atoms with Crippen molar-refractivity contribution in [3.05, 3.63) is 65.0 Å². The van der Waals surface area contributed by atoms with Crippen molar-refractivity contribution in [3.63, 3.8) is 0 Å². The van der Waals surface area contributed by atoms with Crippen molar-refractivity contribution in [2.45, 2.75) is 52.4 Å². The standard InChI is InChI=1S/C27H35FN2O3/c1-20-10-11-21(2)25(19-20)33-18-6-5-9-26(31)30-16-13-23(14-17-30)27(32)29-15-12-22-7-3-4-8-24(22)28/h3-4,7-8,10-11,19,23H,5-6,9,12-18H2,1-2H3,(H,29,32). The van der Waals surface area contributed by atoms with Crippen LogP contribution in [0.2, 0.25) is 0 Å². The van der Waals surface area contributed by atoms with Crippen LogP contribution in [-0.4, -0.2) is 43.0 Å². The van der Waals surface area contributed by atoms with E-state index >= 15 is 0 Å². The van der Waals surface area contributed by atoms with Crippen LogP contribution in [0.3, 0.4) is 0 Å². The molecule has 0 bridgehead atoms. The molecule has 1 saturated heterocycles. The molecule has 0 aromatic heterocycles. The van der Waals surface area contributed by atoms with Crippen LogP contribution < -0.4 is 10.1 Å². The molecule has 0 saturated carbocycles. The van der Waals surface area contributed by atoms with Gasteiger partial charge in [0.1, 0.15) is 11.6 Å². The van der Waals surface area contributed by atoms with Gasteiger partial charge in [-0.15, -0.1) is 0 Å².